The molecule has 0 radical (unpaired) electrons. The molecular formula is C5H8O3. The van der Waals surface area contributed by atoms with Crippen molar-refractivity contribution >= 4 is 5.78 Å². The number of ether oxygens (including phenoxy) is 2. The number of rotatable bonds is 2. The van der Waals surface area contributed by atoms with E-state index in [-0.39, 0.29) is 18.2 Å². The summed E-state index contributed by atoms with van der Waals surface area (Å²) in [5, 5.41) is 0. The molecule has 1 heterocycles. The Labute approximate surface area is 47.6 Å². The molecule has 0 aliphatic carbocycles. The largest absolute Gasteiger partial charge is 0.353 e. The van der Waals surface area contributed by atoms with Gasteiger partial charge < -0.3 is 9.47 Å². The Kier molecular flexibility index (Phi) is 1.31. The molecule has 2 atom stereocenters. The van der Waals surface area contributed by atoms with Crippen LogP contribution in [0.3, 0.4) is 0 Å². The van der Waals surface area contributed by atoms with Gasteiger partial charge in [0, 0.05) is 7.11 Å². The van der Waals surface area contributed by atoms with Crippen LogP contribution in [-0.4, -0.2) is 25.3 Å². The first kappa shape index (κ1) is 5.72. The molecule has 3 heteroatoms. The van der Waals surface area contributed by atoms with Crippen molar-refractivity contribution in [3.05, 3.63) is 0 Å². The van der Waals surface area contributed by atoms with Crippen molar-refractivity contribution in [2.24, 2.45) is 0 Å². The molecule has 1 rings (SSSR count). The Balaban J connectivity index is 2.26. The fraction of sp³-hybridized carbons (Fsp3) is 0.800. The zero-order valence-electron chi connectivity index (χ0n) is 4.88. The Morgan fingerprint density at radius 3 is 2.50 bits per heavy atom. The molecule has 0 aromatic heterocycles. The van der Waals surface area contributed by atoms with Crippen LogP contribution in [-0.2, 0) is 14.3 Å². The quantitative estimate of drug-likeness (QED) is 0.475. The van der Waals surface area contributed by atoms with Crippen molar-refractivity contribution in [2.75, 3.05) is 7.11 Å². The van der Waals surface area contributed by atoms with E-state index in [1.165, 1.54) is 14.0 Å². The molecule has 1 aliphatic heterocycles. The maximum absolute atomic E-state index is 10.4. The molecule has 0 N–H and O–H groups in total. The van der Waals surface area contributed by atoms with Crippen LogP contribution < -0.4 is 0 Å². The fourth-order valence-corrected chi connectivity index (χ4v) is 0.566. The molecule has 1 aliphatic rings. The highest BCUT2D eigenvalue weighted by molar-refractivity contribution is 5.82. The van der Waals surface area contributed by atoms with Gasteiger partial charge in [-0.25, -0.2) is 0 Å². The maximum atomic E-state index is 10.4. The summed E-state index contributed by atoms with van der Waals surface area (Å²) in [6.07, 6.45) is -0.535. The number of hydrogen-bond donors (Lipinski definition) is 0. The van der Waals surface area contributed by atoms with Crippen molar-refractivity contribution < 1.29 is 14.3 Å². The summed E-state index contributed by atoms with van der Waals surface area (Å²) in [5.41, 5.74) is 0. The smallest absolute Gasteiger partial charge is 0.191 e. The van der Waals surface area contributed by atoms with E-state index in [9.17, 15) is 4.79 Å². The molecule has 1 fully saturated rings. The lowest BCUT2D eigenvalue weighted by Crippen LogP contribution is -2.05. The normalized spacial score (nSPS) is 34.8. The van der Waals surface area contributed by atoms with E-state index < -0.39 is 0 Å². The number of methoxy groups -OCH3 is 1. The summed E-state index contributed by atoms with van der Waals surface area (Å²) in [5.74, 6) is 0.0388. The molecular weight excluding hydrogens is 108 g/mol. The van der Waals surface area contributed by atoms with Gasteiger partial charge in [0.05, 0.1) is 0 Å². The third kappa shape index (κ3) is 0.877. The molecule has 0 bridgehead atoms. The summed E-state index contributed by atoms with van der Waals surface area (Å²) in [6, 6.07) is 0. The summed E-state index contributed by atoms with van der Waals surface area (Å²) < 4.78 is 9.45. The summed E-state index contributed by atoms with van der Waals surface area (Å²) >= 11 is 0. The fourth-order valence-electron chi connectivity index (χ4n) is 0.566. The van der Waals surface area contributed by atoms with Crippen LogP contribution in [0, 0.1) is 0 Å². The molecule has 8 heavy (non-hydrogen) atoms. The average Bonchev–Trinajstić information content (AvgIpc) is 2.42. The number of ketones is 1. The van der Waals surface area contributed by atoms with Gasteiger partial charge in [-0.05, 0) is 6.92 Å². The van der Waals surface area contributed by atoms with E-state index in [0.29, 0.717) is 0 Å². The Morgan fingerprint density at radius 1 is 1.75 bits per heavy atom. The molecule has 0 saturated carbocycles. The Morgan fingerprint density at radius 2 is 2.38 bits per heavy atom. The molecule has 46 valence electrons. The maximum Gasteiger partial charge on any atom is 0.191 e. The third-order valence-corrected chi connectivity index (χ3v) is 1.08. The van der Waals surface area contributed by atoms with E-state index in [4.69, 9.17) is 9.47 Å². The monoisotopic (exact) mass is 116 g/mol. The van der Waals surface area contributed by atoms with Crippen LogP contribution in [0.25, 0.3) is 0 Å². The zero-order valence-corrected chi connectivity index (χ0v) is 4.88. The average molecular weight is 116 g/mol. The first-order valence-electron chi connectivity index (χ1n) is 2.44. The first-order valence-corrected chi connectivity index (χ1v) is 2.44. The van der Waals surface area contributed by atoms with Gasteiger partial charge in [-0.1, -0.05) is 0 Å². The van der Waals surface area contributed by atoms with Gasteiger partial charge in [-0.2, -0.15) is 0 Å². The summed E-state index contributed by atoms with van der Waals surface area (Å²) in [6.45, 7) is 1.49. The second-order valence-corrected chi connectivity index (χ2v) is 1.77. The van der Waals surface area contributed by atoms with Gasteiger partial charge in [0.25, 0.3) is 0 Å². The molecule has 2 unspecified atom stereocenters. The second kappa shape index (κ2) is 1.84. The Hall–Kier alpha value is -0.410. The van der Waals surface area contributed by atoms with Crippen molar-refractivity contribution in [1.29, 1.82) is 0 Å². The molecule has 1 saturated heterocycles. The third-order valence-electron chi connectivity index (χ3n) is 1.08. The Bertz CT molecular complexity index is 110. The van der Waals surface area contributed by atoms with E-state index in [1.54, 1.807) is 0 Å². The van der Waals surface area contributed by atoms with Crippen molar-refractivity contribution in [2.45, 2.75) is 19.3 Å². The van der Waals surface area contributed by atoms with Gasteiger partial charge in [-0.15, -0.1) is 0 Å². The van der Waals surface area contributed by atoms with Gasteiger partial charge >= 0.3 is 0 Å². The van der Waals surface area contributed by atoms with Gasteiger partial charge in [0.1, 0.15) is 0 Å². The van der Waals surface area contributed by atoms with Gasteiger partial charge in [0.15, 0.2) is 18.2 Å². The lowest BCUT2D eigenvalue weighted by atomic mass is 10.3. The minimum Gasteiger partial charge on any atom is -0.353 e. The summed E-state index contributed by atoms with van der Waals surface area (Å²) in [7, 11) is 1.52. The van der Waals surface area contributed by atoms with Crippen LogP contribution in [0.4, 0.5) is 0 Å². The highest BCUT2D eigenvalue weighted by Crippen LogP contribution is 2.22. The van der Waals surface area contributed by atoms with E-state index in [1.807, 2.05) is 0 Å². The van der Waals surface area contributed by atoms with Gasteiger partial charge in [-0.3, -0.25) is 4.79 Å². The lowest BCUT2D eigenvalue weighted by Gasteiger charge is -1.82. The number of Topliss-reactive ketones (excluding diaryl/α,β-unsaturated/α-hetero) is 1. The van der Waals surface area contributed by atoms with Crippen LogP contribution in [0.5, 0.6) is 0 Å². The standard InChI is InChI=1S/C5H8O3/c1-3(6)4-5(7-2)8-4/h4-5H,1-2H3. The number of carbonyl (C=O) groups excluding carboxylic acids is 1. The zero-order chi connectivity index (χ0) is 6.15. The molecule has 0 aromatic carbocycles. The molecule has 0 aromatic rings. The topological polar surface area (TPSA) is 38.8 Å². The minimum absolute atomic E-state index is 0.0388. The number of epoxide rings is 1. The molecule has 0 amide bonds. The van der Waals surface area contributed by atoms with Crippen LogP contribution in [0.15, 0.2) is 0 Å². The molecule has 0 spiro atoms. The first-order chi connectivity index (χ1) is 3.75. The number of hydrogen-bond acceptors (Lipinski definition) is 3. The minimum atomic E-state index is -0.278. The highest BCUT2D eigenvalue weighted by atomic mass is 16.8. The van der Waals surface area contributed by atoms with E-state index >= 15 is 0 Å². The lowest BCUT2D eigenvalue weighted by molar-refractivity contribution is -0.118. The van der Waals surface area contributed by atoms with Crippen molar-refractivity contribution in [3.8, 4) is 0 Å². The number of carbonyl (C=O) groups is 1. The van der Waals surface area contributed by atoms with E-state index in [0.717, 1.165) is 0 Å². The summed E-state index contributed by atoms with van der Waals surface area (Å²) in [4.78, 5) is 10.4. The van der Waals surface area contributed by atoms with Crippen LogP contribution in [0.1, 0.15) is 6.92 Å². The predicted molar refractivity (Wildman–Crippen MR) is 26.4 cm³/mol. The molecule has 3 nitrogen and oxygen atoms in total. The van der Waals surface area contributed by atoms with Crippen molar-refractivity contribution in [1.82, 2.24) is 0 Å². The van der Waals surface area contributed by atoms with E-state index in [2.05, 4.69) is 0 Å². The van der Waals surface area contributed by atoms with Gasteiger partial charge in [0.2, 0.25) is 0 Å². The predicted octanol–water partition coefficient (Wildman–Crippen LogP) is -0.0533. The van der Waals surface area contributed by atoms with Crippen molar-refractivity contribution in [3.63, 3.8) is 0 Å². The highest BCUT2D eigenvalue weighted by Gasteiger charge is 2.42. The SMILES string of the molecule is COC1OC1C(C)=O. The van der Waals surface area contributed by atoms with Crippen LogP contribution >= 0.6 is 0 Å². The van der Waals surface area contributed by atoms with Crippen LogP contribution in [0.2, 0.25) is 0 Å². The second-order valence-electron chi connectivity index (χ2n) is 1.77.